The second-order valence-electron chi connectivity index (χ2n) is 6.51. The quantitative estimate of drug-likeness (QED) is 0.300. The first-order valence-electron chi connectivity index (χ1n) is 9.63. The van der Waals surface area contributed by atoms with E-state index >= 15 is 0 Å². The van der Waals surface area contributed by atoms with Gasteiger partial charge in [-0.25, -0.2) is 15.0 Å². The molecule has 0 saturated heterocycles. The smallest absolute Gasteiger partial charge is 0.231 e. The van der Waals surface area contributed by atoms with Crippen molar-refractivity contribution in [2.45, 2.75) is 24.3 Å². The summed E-state index contributed by atoms with van der Waals surface area (Å²) in [6.45, 7) is 2.85. The number of benzene rings is 2. The molecule has 6 nitrogen and oxygen atoms in total. The molecule has 0 aliphatic rings. The molecule has 0 saturated carbocycles. The van der Waals surface area contributed by atoms with Crippen LogP contribution in [0, 0.1) is 0 Å². The number of anilines is 2. The fourth-order valence-electron chi connectivity index (χ4n) is 2.92. The largest absolute Gasteiger partial charge is 0.370 e. The Morgan fingerprint density at radius 1 is 1.03 bits per heavy atom. The Morgan fingerprint density at radius 2 is 1.83 bits per heavy atom. The van der Waals surface area contributed by atoms with Gasteiger partial charge in [0.05, 0.1) is 17.6 Å². The molecule has 2 heterocycles. The van der Waals surface area contributed by atoms with Crippen LogP contribution in [0.5, 0.6) is 0 Å². The number of nitrogens with one attached hydrogen (secondary N) is 2. The minimum atomic E-state index is -0.0668. The van der Waals surface area contributed by atoms with Gasteiger partial charge in [-0.1, -0.05) is 42.1 Å². The van der Waals surface area contributed by atoms with Gasteiger partial charge in [0.25, 0.3) is 0 Å². The summed E-state index contributed by atoms with van der Waals surface area (Å²) in [6.07, 6.45) is 0.265. The average Bonchev–Trinajstić information content (AvgIpc) is 3.20. The Morgan fingerprint density at radius 3 is 2.67 bits per heavy atom. The number of fused-ring (bicyclic) bond motifs is 1. The van der Waals surface area contributed by atoms with Crippen LogP contribution >= 0.6 is 23.1 Å². The summed E-state index contributed by atoms with van der Waals surface area (Å²) in [4.78, 5) is 26.1. The van der Waals surface area contributed by atoms with Crippen molar-refractivity contribution in [3.8, 4) is 0 Å². The van der Waals surface area contributed by atoms with Gasteiger partial charge in [-0.3, -0.25) is 4.79 Å². The van der Waals surface area contributed by atoms with Crippen molar-refractivity contribution < 1.29 is 4.79 Å². The number of para-hydroxylation sites is 2. The van der Waals surface area contributed by atoms with Crippen LogP contribution in [0.4, 0.5) is 11.5 Å². The molecule has 0 fully saturated rings. The lowest BCUT2D eigenvalue weighted by molar-refractivity contribution is -0.115. The SMILES string of the molecule is CCNc1nc(SCc2csc(CC(=O)Nc3ccccc3)n2)nc2ccccc12. The number of hydrogen-bond donors (Lipinski definition) is 2. The molecular formula is C22H21N5OS2. The number of thioether (sulfide) groups is 1. The molecule has 0 aliphatic carbocycles. The van der Waals surface area contributed by atoms with Crippen LogP contribution in [0.25, 0.3) is 10.9 Å². The van der Waals surface area contributed by atoms with Gasteiger partial charge in [0.15, 0.2) is 5.16 Å². The predicted octanol–water partition coefficient (Wildman–Crippen LogP) is 4.99. The van der Waals surface area contributed by atoms with E-state index in [1.54, 1.807) is 11.8 Å². The van der Waals surface area contributed by atoms with Gasteiger partial charge in [-0.15, -0.1) is 11.3 Å². The average molecular weight is 436 g/mol. The summed E-state index contributed by atoms with van der Waals surface area (Å²) in [6, 6.07) is 17.4. The lowest BCUT2D eigenvalue weighted by atomic mass is 10.2. The molecule has 0 atom stereocenters. The van der Waals surface area contributed by atoms with Crippen molar-refractivity contribution in [2.75, 3.05) is 17.2 Å². The van der Waals surface area contributed by atoms with E-state index in [1.807, 2.05) is 60.0 Å². The highest BCUT2D eigenvalue weighted by molar-refractivity contribution is 7.98. The second-order valence-corrected chi connectivity index (χ2v) is 8.40. The van der Waals surface area contributed by atoms with E-state index in [-0.39, 0.29) is 12.3 Å². The van der Waals surface area contributed by atoms with Crippen LogP contribution in [-0.2, 0) is 17.0 Å². The third-order valence-electron chi connectivity index (χ3n) is 4.24. The van der Waals surface area contributed by atoms with E-state index < -0.39 is 0 Å². The first-order chi connectivity index (χ1) is 14.7. The monoisotopic (exact) mass is 435 g/mol. The molecule has 152 valence electrons. The van der Waals surface area contributed by atoms with E-state index in [2.05, 4.69) is 32.5 Å². The van der Waals surface area contributed by atoms with Crippen molar-refractivity contribution in [1.82, 2.24) is 15.0 Å². The molecule has 4 rings (SSSR count). The zero-order chi connectivity index (χ0) is 20.8. The molecule has 0 bridgehead atoms. The number of carbonyl (C=O) groups excluding carboxylic acids is 1. The van der Waals surface area contributed by atoms with Crippen LogP contribution in [-0.4, -0.2) is 27.4 Å². The first kappa shape index (κ1) is 20.3. The molecule has 2 aromatic heterocycles. The molecular weight excluding hydrogens is 414 g/mol. The number of amides is 1. The van der Waals surface area contributed by atoms with Crippen molar-refractivity contribution in [3.05, 3.63) is 70.7 Å². The van der Waals surface area contributed by atoms with E-state index in [0.29, 0.717) is 10.9 Å². The summed E-state index contributed by atoms with van der Waals surface area (Å²) in [7, 11) is 0. The molecule has 4 aromatic rings. The summed E-state index contributed by atoms with van der Waals surface area (Å²) in [5, 5.41) is 10.7. The number of nitrogens with zero attached hydrogens (tertiary/aromatic N) is 3. The van der Waals surface area contributed by atoms with Crippen LogP contribution < -0.4 is 10.6 Å². The molecule has 1 amide bonds. The van der Waals surface area contributed by atoms with E-state index in [0.717, 1.165) is 39.7 Å². The van der Waals surface area contributed by atoms with Gasteiger partial charge < -0.3 is 10.6 Å². The van der Waals surface area contributed by atoms with Gasteiger partial charge in [0.1, 0.15) is 10.8 Å². The van der Waals surface area contributed by atoms with E-state index in [9.17, 15) is 4.79 Å². The van der Waals surface area contributed by atoms with Crippen molar-refractivity contribution in [1.29, 1.82) is 0 Å². The Balaban J connectivity index is 1.39. The van der Waals surface area contributed by atoms with E-state index in [1.165, 1.54) is 11.3 Å². The minimum Gasteiger partial charge on any atom is -0.370 e. The standard InChI is InChI=1S/C22H21N5OS2/c1-2-23-21-17-10-6-7-11-18(17)26-22(27-21)30-14-16-13-29-20(25-16)12-19(28)24-15-8-4-3-5-9-15/h3-11,13H,2,12,14H2,1H3,(H,24,28)(H,23,26,27). The molecule has 0 aliphatic heterocycles. The fraction of sp³-hybridized carbons (Fsp3) is 0.182. The summed E-state index contributed by atoms with van der Waals surface area (Å²) in [5.41, 5.74) is 2.64. The maximum atomic E-state index is 12.2. The lowest BCUT2D eigenvalue weighted by Crippen LogP contribution is -2.14. The van der Waals surface area contributed by atoms with Gasteiger partial charge in [-0.05, 0) is 31.2 Å². The Bertz CT molecular complexity index is 1150. The third-order valence-corrected chi connectivity index (χ3v) is 6.02. The van der Waals surface area contributed by atoms with Crippen molar-refractivity contribution >= 4 is 51.4 Å². The van der Waals surface area contributed by atoms with Crippen LogP contribution in [0.15, 0.2) is 65.1 Å². The maximum Gasteiger partial charge on any atom is 0.231 e. The molecule has 2 aromatic carbocycles. The summed E-state index contributed by atoms with van der Waals surface area (Å²) < 4.78 is 0. The minimum absolute atomic E-state index is 0.0668. The Labute approximate surface area is 183 Å². The topological polar surface area (TPSA) is 79.8 Å². The lowest BCUT2D eigenvalue weighted by Gasteiger charge is -2.08. The predicted molar refractivity (Wildman–Crippen MR) is 124 cm³/mol. The number of aromatic nitrogens is 3. The molecule has 8 heteroatoms. The first-order valence-corrected chi connectivity index (χ1v) is 11.5. The number of hydrogen-bond acceptors (Lipinski definition) is 7. The van der Waals surface area contributed by atoms with Crippen molar-refractivity contribution in [2.24, 2.45) is 0 Å². The molecule has 0 unspecified atom stereocenters. The van der Waals surface area contributed by atoms with Gasteiger partial charge >= 0.3 is 0 Å². The summed E-state index contributed by atoms with van der Waals surface area (Å²) >= 11 is 3.04. The third kappa shape index (κ3) is 5.14. The van der Waals surface area contributed by atoms with Gasteiger partial charge in [0.2, 0.25) is 5.91 Å². The zero-order valence-electron chi connectivity index (χ0n) is 16.5. The highest BCUT2D eigenvalue weighted by Gasteiger charge is 2.11. The maximum absolute atomic E-state index is 12.2. The molecule has 0 spiro atoms. The highest BCUT2D eigenvalue weighted by Crippen LogP contribution is 2.26. The second kappa shape index (κ2) is 9.69. The highest BCUT2D eigenvalue weighted by atomic mass is 32.2. The summed E-state index contributed by atoms with van der Waals surface area (Å²) in [5.74, 6) is 1.44. The van der Waals surface area contributed by atoms with Crippen LogP contribution in [0.3, 0.4) is 0 Å². The zero-order valence-corrected chi connectivity index (χ0v) is 18.1. The molecule has 30 heavy (non-hydrogen) atoms. The Kier molecular flexibility index (Phi) is 6.56. The van der Waals surface area contributed by atoms with Crippen LogP contribution in [0.2, 0.25) is 0 Å². The number of rotatable bonds is 8. The van der Waals surface area contributed by atoms with Crippen molar-refractivity contribution in [3.63, 3.8) is 0 Å². The number of thiazole rings is 1. The number of carbonyl (C=O) groups is 1. The normalized spacial score (nSPS) is 10.8. The molecule has 2 N–H and O–H groups in total. The van der Waals surface area contributed by atoms with Crippen LogP contribution in [0.1, 0.15) is 17.6 Å². The van der Waals surface area contributed by atoms with Gasteiger partial charge in [0, 0.05) is 28.8 Å². The molecule has 0 radical (unpaired) electrons. The Hall–Kier alpha value is -2.97. The van der Waals surface area contributed by atoms with E-state index in [4.69, 9.17) is 0 Å². The van der Waals surface area contributed by atoms with Gasteiger partial charge in [-0.2, -0.15) is 0 Å². The fourth-order valence-corrected chi connectivity index (χ4v) is 4.56.